The first kappa shape index (κ1) is 31.3. The number of alkyl halides is 3. The van der Waals surface area contributed by atoms with Crippen LogP contribution in [-0.2, 0) is 17.6 Å². The minimum atomic E-state index is -4.86. The molecule has 1 aliphatic carbocycles. The van der Waals surface area contributed by atoms with E-state index in [1.807, 2.05) is 6.07 Å². The van der Waals surface area contributed by atoms with Gasteiger partial charge in [-0.05, 0) is 81.8 Å². The molecule has 0 unspecified atom stereocenters. The standard InChI is InChI=1S/C31H31F3N4O5/c1-18(2)38(29(39)21-8-6-19(3)7-9-21)26-11-10-22(14-23(26)30(40)41)43-28-24(31(32,33)34)13-20(16-37-28)17-42-27-5-4-12-36-25(27)15-35/h4-5,10-14,16,18-19,21H,6-9,17H2,1-3H3,(H,40,41). The van der Waals surface area contributed by atoms with Gasteiger partial charge in [0.1, 0.15) is 24.0 Å². The number of benzene rings is 1. The molecule has 0 aliphatic heterocycles. The minimum absolute atomic E-state index is 0.0183. The van der Waals surface area contributed by atoms with Gasteiger partial charge in [-0.25, -0.2) is 14.8 Å². The topological polar surface area (TPSA) is 126 Å². The monoisotopic (exact) mass is 596 g/mol. The summed E-state index contributed by atoms with van der Waals surface area (Å²) in [5, 5.41) is 19.1. The summed E-state index contributed by atoms with van der Waals surface area (Å²) in [6, 6.07) is 9.06. The van der Waals surface area contributed by atoms with Crippen molar-refractivity contribution < 1.29 is 37.3 Å². The normalized spacial score (nSPS) is 16.8. The Labute approximate surface area is 246 Å². The number of aromatic nitrogens is 2. The molecule has 0 radical (unpaired) electrons. The average molecular weight is 597 g/mol. The second-order valence-electron chi connectivity index (χ2n) is 10.8. The Balaban J connectivity index is 1.61. The highest BCUT2D eigenvalue weighted by molar-refractivity contribution is 6.03. The zero-order valence-electron chi connectivity index (χ0n) is 23.9. The number of aromatic carboxylic acids is 1. The van der Waals surface area contributed by atoms with Gasteiger partial charge in [0.2, 0.25) is 11.8 Å². The molecule has 3 aromatic rings. The van der Waals surface area contributed by atoms with E-state index in [1.165, 1.54) is 35.4 Å². The van der Waals surface area contributed by atoms with Crippen molar-refractivity contribution in [2.75, 3.05) is 4.90 Å². The predicted molar refractivity (Wildman–Crippen MR) is 150 cm³/mol. The Morgan fingerprint density at radius 3 is 2.49 bits per heavy atom. The molecule has 226 valence electrons. The highest BCUT2D eigenvalue weighted by Gasteiger charge is 2.37. The van der Waals surface area contributed by atoms with E-state index in [4.69, 9.17) is 14.7 Å². The van der Waals surface area contributed by atoms with Crippen molar-refractivity contribution in [3.8, 4) is 23.4 Å². The van der Waals surface area contributed by atoms with Crippen LogP contribution in [0.2, 0.25) is 0 Å². The highest BCUT2D eigenvalue weighted by atomic mass is 19.4. The smallest absolute Gasteiger partial charge is 0.421 e. The second kappa shape index (κ2) is 13.1. The summed E-state index contributed by atoms with van der Waals surface area (Å²) in [7, 11) is 0. The molecule has 0 bridgehead atoms. The van der Waals surface area contributed by atoms with Gasteiger partial charge in [-0.3, -0.25) is 4.79 Å². The first-order valence-corrected chi connectivity index (χ1v) is 13.8. The zero-order chi connectivity index (χ0) is 31.3. The number of hydrogen-bond donors (Lipinski definition) is 1. The largest absolute Gasteiger partial charge is 0.486 e. The van der Waals surface area contributed by atoms with Crippen molar-refractivity contribution in [3.63, 3.8) is 0 Å². The number of nitrogens with zero attached hydrogens (tertiary/aromatic N) is 4. The molecule has 1 aliphatic rings. The Hall–Kier alpha value is -4.66. The molecule has 4 rings (SSSR count). The van der Waals surface area contributed by atoms with E-state index in [0.717, 1.165) is 31.2 Å². The van der Waals surface area contributed by atoms with E-state index in [2.05, 4.69) is 16.9 Å². The van der Waals surface area contributed by atoms with Crippen LogP contribution in [0.3, 0.4) is 0 Å². The van der Waals surface area contributed by atoms with Crippen molar-refractivity contribution in [3.05, 3.63) is 71.2 Å². The maximum Gasteiger partial charge on any atom is 0.421 e. The Bertz CT molecular complexity index is 1530. The quantitative estimate of drug-likeness (QED) is 0.280. The van der Waals surface area contributed by atoms with Crippen LogP contribution in [0.1, 0.15) is 73.6 Å². The molecule has 1 N–H and O–H groups in total. The van der Waals surface area contributed by atoms with Crippen LogP contribution in [0.5, 0.6) is 17.4 Å². The maximum atomic E-state index is 14.0. The first-order valence-electron chi connectivity index (χ1n) is 13.8. The van der Waals surface area contributed by atoms with Crippen molar-refractivity contribution in [2.45, 2.75) is 65.3 Å². The van der Waals surface area contributed by atoms with Gasteiger partial charge in [0, 0.05) is 29.9 Å². The number of carbonyl (C=O) groups excluding carboxylic acids is 1. The van der Waals surface area contributed by atoms with Crippen LogP contribution in [0.15, 0.2) is 48.8 Å². The third-order valence-electron chi connectivity index (χ3n) is 7.28. The fraction of sp³-hybridized carbons (Fsp3) is 0.387. The van der Waals surface area contributed by atoms with E-state index in [1.54, 1.807) is 13.8 Å². The highest BCUT2D eigenvalue weighted by Crippen LogP contribution is 2.39. The lowest BCUT2D eigenvalue weighted by atomic mass is 9.82. The van der Waals surface area contributed by atoms with Crippen LogP contribution in [0, 0.1) is 23.2 Å². The number of halogens is 3. The molecule has 9 nitrogen and oxygen atoms in total. The number of rotatable bonds is 9. The molecule has 0 atom stereocenters. The van der Waals surface area contributed by atoms with Crippen LogP contribution in [0.25, 0.3) is 0 Å². The number of ether oxygens (including phenoxy) is 2. The zero-order valence-corrected chi connectivity index (χ0v) is 23.9. The summed E-state index contributed by atoms with van der Waals surface area (Å²) in [6.45, 7) is 5.36. The molecular formula is C31H31F3N4O5. The molecule has 2 aromatic heterocycles. The van der Waals surface area contributed by atoms with Gasteiger partial charge in [0.25, 0.3) is 0 Å². The summed E-state index contributed by atoms with van der Waals surface area (Å²) < 4.78 is 53.0. The number of carboxylic acid groups (broad SMARTS) is 1. The number of anilines is 1. The molecule has 0 saturated heterocycles. The third kappa shape index (κ3) is 7.41. The number of carbonyl (C=O) groups is 2. The lowest BCUT2D eigenvalue weighted by molar-refractivity contribution is -0.139. The fourth-order valence-electron chi connectivity index (χ4n) is 5.04. The first-order chi connectivity index (χ1) is 20.4. The van der Waals surface area contributed by atoms with Gasteiger partial charge in [0.05, 0.1) is 11.3 Å². The van der Waals surface area contributed by atoms with Crippen molar-refractivity contribution in [1.29, 1.82) is 5.26 Å². The van der Waals surface area contributed by atoms with Gasteiger partial charge in [0.15, 0.2) is 11.4 Å². The molecule has 2 heterocycles. The number of pyridine rings is 2. The van der Waals surface area contributed by atoms with Crippen LogP contribution in [0.4, 0.5) is 18.9 Å². The summed E-state index contributed by atoms with van der Waals surface area (Å²) >= 11 is 0. The van der Waals surface area contributed by atoms with Crippen LogP contribution >= 0.6 is 0 Å². The Morgan fingerprint density at radius 2 is 1.86 bits per heavy atom. The third-order valence-corrected chi connectivity index (χ3v) is 7.28. The molecule has 43 heavy (non-hydrogen) atoms. The van der Waals surface area contributed by atoms with Crippen molar-refractivity contribution >= 4 is 17.6 Å². The molecule has 12 heteroatoms. The molecule has 1 amide bonds. The number of hydrogen-bond acceptors (Lipinski definition) is 7. The van der Waals surface area contributed by atoms with Crippen LogP contribution < -0.4 is 14.4 Å². The maximum absolute atomic E-state index is 14.0. The summed E-state index contributed by atoms with van der Waals surface area (Å²) in [5.74, 6) is -2.12. The Morgan fingerprint density at radius 1 is 1.14 bits per heavy atom. The van der Waals surface area contributed by atoms with E-state index in [9.17, 15) is 27.9 Å². The van der Waals surface area contributed by atoms with Crippen molar-refractivity contribution in [1.82, 2.24) is 9.97 Å². The molecule has 1 saturated carbocycles. The van der Waals surface area contributed by atoms with E-state index < -0.39 is 23.6 Å². The second-order valence-corrected chi connectivity index (χ2v) is 10.8. The molecule has 1 fully saturated rings. The fourth-order valence-corrected chi connectivity index (χ4v) is 5.04. The summed E-state index contributed by atoms with van der Waals surface area (Å²) in [6.07, 6.45) is 0.888. The summed E-state index contributed by atoms with van der Waals surface area (Å²) in [5.41, 5.74) is -1.31. The minimum Gasteiger partial charge on any atom is -0.486 e. The molecule has 0 spiro atoms. The number of amides is 1. The molecular weight excluding hydrogens is 565 g/mol. The SMILES string of the molecule is CC1CCC(C(=O)N(c2ccc(Oc3ncc(COc4cccnc4C#N)cc3C(F)(F)F)cc2C(=O)O)C(C)C)CC1. The lowest BCUT2D eigenvalue weighted by Crippen LogP contribution is -2.42. The van der Waals surface area contributed by atoms with E-state index >= 15 is 0 Å². The van der Waals surface area contributed by atoms with Gasteiger partial charge in [-0.15, -0.1) is 0 Å². The number of carboxylic acids is 1. The van der Waals surface area contributed by atoms with Crippen LogP contribution in [-0.4, -0.2) is 33.0 Å². The molecule has 1 aromatic carbocycles. The number of nitriles is 1. The predicted octanol–water partition coefficient (Wildman–Crippen LogP) is 7.00. The van der Waals surface area contributed by atoms with Gasteiger partial charge < -0.3 is 19.5 Å². The van der Waals surface area contributed by atoms with Crippen molar-refractivity contribution in [2.24, 2.45) is 11.8 Å². The Kier molecular flexibility index (Phi) is 9.53. The summed E-state index contributed by atoms with van der Waals surface area (Å²) in [4.78, 5) is 34.9. The van der Waals surface area contributed by atoms with Gasteiger partial charge in [-0.2, -0.15) is 18.4 Å². The van der Waals surface area contributed by atoms with Gasteiger partial charge >= 0.3 is 12.1 Å². The average Bonchev–Trinajstić information content (AvgIpc) is 2.97. The van der Waals surface area contributed by atoms with E-state index in [0.29, 0.717) is 18.8 Å². The van der Waals surface area contributed by atoms with E-state index in [-0.39, 0.29) is 58.5 Å². The van der Waals surface area contributed by atoms with Gasteiger partial charge in [-0.1, -0.05) is 6.92 Å². The lowest BCUT2D eigenvalue weighted by Gasteiger charge is -2.34.